The van der Waals surface area contributed by atoms with Gasteiger partial charge < -0.3 is 34.8 Å². The average molecular weight is 1200 g/mol. The molecule has 21 heteroatoms. The second kappa shape index (κ2) is 22.8. The number of benzene rings is 4. The summed E-state index contributed by atoms with van der Waals surface area (Å²) in [6.07, 6.45) is 15.1. The molecule has 0 saturated heterocycles. The summed E-state index contributed by atoms with van der Waals surface area (Å²) < 4.78 is 74.0. The van der Waals surface area contributed by atoms with Gasteiger partial charge in [0.25, 0.3) is 11.8 Å². The summed E-state index contributed by atoms with van der Waals surface area (Å²) in [4.78, 5) is 53.5. The Balaban J connectivity index is 0.000000167. The molecule has 4 unspecified atom stereocenters. The van der Waals surface area contributed by atoms with Gasteiger partial charge in [0, 0.05) is 103 Å². The Hall–Kier alpha value is -6.78. The van der Waals surface area contributed by atoms with Crippen molar-refractivity contribution in [2.75, 3.05) is 54.5 Å². The highest BCUT2D eigenvalue weighted by atomic mass is 32.2. The molecule has 85 heavy (non-hydrogen) atoms. The van der Waals surface area contributed by atoms with Gasteiger partial charge in [0.2, 0.25) is 5.91 Å². The zero-order chi connectivity index (χ0) is 59.7. The molecule has 6 N–H and O–H groups in total. The van der Waals surface area contributed by atoms with Crippen molar-refractivity contribution in [3.05, 3.63) is 106 Å². The van der Waals surface area contributed by atoms with Crippen molar-refractivity contribution in [3.8, 4) is 34.0 Å². The molecule has 5 heterocycles. The minimum atomic E-state index is -4.05. The Morgan fingerprint density at radius 1 is 0.753 bits per heavy atom. The first-order chi connectivity index (χ1) is 40.8. The first-order valence-corrected chi connectivity index (χ1v) is 33.2. The number of carbonyl (C=O) groups is 4. The third-order valence-corrected chi connectivity index (χ3v) is 22.7. The van der Waals surface area contributed by atoms with Gasteiger partial charge in [-0.3, -0.25) is 19.2 Å². The molecule has 2 aromatic heterocycles. The van der Waals surface area contributed by atoms with Crippen LogP contribution < -0.4 is 30.0 Å². The Morgan fingerprint density at radius 3 is 1.94 bits per heavy atom. The number of ether oxygens (including phenoxy) is 2. The van der Waals surface area contributed by atoms with Gasteiger partial charge in [0.05, 0.1) is 36.4 Å². The molecule has 452 valence electrons. The van der Waals surface area contributed by atoms with Gasteiger partial charge in [0.1, 0.15) is 11.5 Å². The second-order valence-corrected chi connectivity index (χ2v) is 28.4. The van der Waals surface area contributed by atoms with Crippen LogP contribution in [0.2, 0.25) is 0 Å². The van der Waals surface area contributed by atoms with E-state index in [-0.39, 0.29) is 48.5 Å². The highest BCUT2D eigenvalue weighted by Crippen LogP contribution is 2.67. The fraction of sp³-hybridized carbons (Fsp3) is 0.500. The van der Waals surface area contributed by atoms with E-state index in [0.717, 1.165) is 115 Å². The minimum absolute atomic E-state index is 0.0390. The number of rotatable bonds is 12. The lowest BCUT2D eigenvalue weighted by Gasteiger charge is -2.24. The van der Waals surface area contributed by atoms with E-state index in [1.54, 1.807) is 32.4 Å². The number of fused-ring (bicyclic) bond motifs is 11. The van der Waals surface area contributed by atoms with Gasteiger partial charge in [-0.15, -0.1) is 0 Å². The minimum Gasteiger partial charge on any atom is -0.497 e. The highest BCUT2D eigenvalue weighted by Gasteiger charge is 2.64. The number of hydrogen-bond donors (Lipinski definition) is 5. The number of carboxylic acid groups (broad SMARTS) is 1. The number of aliphatic carboxylic acids is 1. The Labute approximate surface area is 497 Å². The van der Waals surface area contributed by atoms with Crippen LogP contribution in [0, 0.1) is 10.8 Å². The Kier molecular flexibility index (Phi) is 15.7. The number of aromatic nitrogens is 2. The molecule has 4 atom stereocenters. The SMILES string of the molecule is COc1ccc2c(c1)C1CC1(C(=O)O)Cn1c-2c(C2CCCCC2)c2ccc(C(=O)NS(=O)(=O)N(C)CCCCN)cc21.COc1ccc2c(c1)C1CC13Cn1c-2c(C2CCCCC2)c2ccc(cc21)C(=O)NS(=O)(=O)N(C)CCCCNC3=O. The second-order valence-electron chi connectivity index (χ2n) is 24.8. The molecule has 7 aliphatic rings. The standard InChI is InChI=1S/C32H40N4O6S.C32H38N4O5S/c1-35(15-7-6-14-33)43(40,41)34-30(37)21-10-12-24-27(16-21)36-19-32(31(38)39)18-26(32)25-17-22(42-2)11-13-23(25)29(36)28(24)20-8-4-3-5-9-20;1-35-15-7-6-14-33-31(38)32-18-26(32)25-17-22(41-2)11-13-23(25)29-28(20-8-4-3-5-9-20)24-12-10-21(16-27(24)36(29)19-32)30(37)34-42(35,39)40/h10-13,16-17,20,26H,3-9,14-15,18-19,33H2,1-2H3,(H,34,37)(H,38,39);10-13,16-17,20,26H,3-9,14-15,18-19H2,1-2H3,(H,33,38)(H,34,37). The number of carbonyl (C=O) groups excluding carboxylic acids is 3. The monoisotopic (exact) mass is 1200 g/mol. The summed E-state index contributed by atoms with van der Waals surface area (Å²) in [6, 6.07) is 23.0. The highest BCUT2D eigenvalue weighted by molar-refractivity contribution is 7.88. The molecule has 4 aromatic carbocycles. The van der Waals surface area contributed by atoms with E-state index in [0.29, 0.717) is 69.3 Å². The molecule has 4 fully saturated rings. The van der Waals surface area contributed by atoms with Gasteiger partial charge in [-0.05, 0) is 166 Å². The lowest BCUT2D eigenvalue weighted by Crippen LogP contribution is -2.42. The molecule has 4 aliphatic carbocycles. The van der Waals surface area contributed by atoms with E-state index < -0.39 is 49.0 Å². The summed E-state index contributed by atoms with van der Waals surface area (Å²) >= 11 is 0. The maximum atomic E-state index is 14.0. The number of hydrogen-bond acceptors (Lipinski definition) is 11. The van der Waals surface area contributed by atoms with Crippen LogP contribution in [0.15, 0.2) is 72.8 Å². The van der Waals surface area contributed by atoms with Gasteiger partial charge in [-0.2, -0.15) is 25.4 Å². The van der Waals surface area contributed by atoms with Crippen molar-refractivity contribution < 1.29 is 50.6 Å². The molecule has 4 saturated carbocycles. The molecule has 0 radical (unpaired) electrons. The maximum absolute atomic E-state index is 14.0. The summed E-state index contributed by atoms with van der Waals surface area (Å²) in [5.74, 6) is -0.0961. The summed E-state index contributed by atoms with van der Waals surface area (Å²) in [7, 11) is -1.87. The predicted octanol–water partition coefficient (Wildman–Crippen LogP) is 9.25. The number of unbranched alkanes of at least 4 members (excludes halogenated alkanes) is 1. The zero-order valence-electron chi connectivity index (χ0n) is 49.0. The van der Waals surface area contributed by atoms with Crippen LogP contribution in [-0.2, 0) is 43.1 Å². The van der Waals surface area contributed by atoms with Crippen LogP contribution in [0.5, 0.6) is 11.5 Å². The van der Waals surface area contributed by atoms with Crippen LogP contribution in [0.1, 0.15) is 169 Å². The number of amides is 3. The molecule has 1 spiro atoms. The summed E-state index contributed by atoms with van der Waals surface area (Å²) in [6.45, 7) is 2.21. The van der Waals surface area contributed by atoms with E-state index in [1.165, 1.54) is 50.9 Å². The quantitative estimate of drug-likeness (QED) is 0.0719. The van der Waals surface area contributed by atoms with Crippen LogP contribution in [0.25, 0.3) is 44.3 Å². The Morgan fingerprint density at radius 2 is 1.34 bits per heavy atom. The van der Waals surface area contributed by atoms with E-state index in [4.69, 9.17) is 15.2 Å². The predicted molar refractivity (Wildman–Crippen MR) is 325 cm³/mol. The smallest absolute Gasteiger partial charge is 0.312 e. The average Bonchev–Trinajstić information content (AvgIpc) is 1.56. The van der Waals surface area contributed by atoms with Crippen LogP contribution in [0.4, 0.5) is 0 Å². The molecule has 19 nitrogen and oxygen atoms in total. The van der Waals surface area contributed by atoms with Crippen molar-refractivity contribution >= 4 is 65.9 Å². The van der Waals surface area contributed by atoms with Gasteiger partial charge in [-0.25, -0.2) is 9.44 Å². The van der Waals surface area contributed by atoms with E-state index in [9.17, 15) is 41.1 Å². The molecule has 6 aromatic rings. The van der Waals surface area contributed by atoms with E-state index in [2.05, 4.69) is 36.0 Å². The van der Waals surface area contributed by atoms with Crippen molar-refractivity contribution in [2.45, 2.75) is 139 Å². The lowest BCUT2D eigenvalue weighted by molar-refractivity contribution is -0.144. The fourth-order valence-electron chi connectivity index (χ4n) is 14.9. The number of carboxylic acids is 1. The molecular weight excluding hydrogens is 1120 g/mol. The first-order valence-electron chi connectivity index (χ1n) is 30.3. The third-order valence-electron chi connectivity index (χ3n) is 19.8. The largest absolute Gasteiger partial charge is 0.497 e. The van der Waals surface area contributed by atoms with Crippen molar-refractivity contribution in [2.24, 2.45) is 16.6 Å². The van der Waals surface area contributed by atoms with Gasteiger partial charge in [0.15, 0.2) is 0 Å². The third kappa shape index (κ3) is 10.5. The number of nitrogens with two attached hydrogens (primary N) is 1. The number of methoxy groups -OCH3 is 2. The van der Waals surface area contributed by atoms with Crippen LogP contribution >= 0.6 is 0 Å². The molecular formula is C64H78N8O11S2. The van der Waals surface area contributed by atoms with Crippen molar-refractivity contribution in [1.29, 1.82) is 0 Å². The first kappa shape index (κ1) is 58.6. The fourth-order valence-corrected chi connectivity index (χ4v) is 16.7. The summed E-state index contributed by atoms with van der Waals surface area (Å²) in [5, 5.41) is 15.7. The molecule has 3 amide bonds. The normalized spacial score (nSPS) is 23.9. The number of nitrogens with one attached hydrogen (secondary N) is 3. The summed E-state index contributed by atoms with van der Waals surface area (Å²) in [5.41, 5.74) is 15.0. The van der Waals surface area contributed by atoms with Crippen molar-refractivity contribution in [1.82, 2.24) is 32.5 Å². The van der Waals surface area contributed by atoms with E-state index >= 15 is 0 Å². The van der Waals surface area contributed by atoms with Crippen LogP contribution in [-0.4, -0.2) is 118 Å². The van der Waals surface area contributed by atoms with Gasteiger partial charge in [-0.1, -0.05) is 50.7 Å². The zero-order valence-corrected chi connectivity index (χ0v) is 50.6. The topological polar surface area (TPSA) is 254 Å². The molecule has 13 rings (SSSR count). The maximum Gasteiger partial charge on any atom is 0.312 e. The van der Waals surface area contributed by atoms with E-state index in [1.807, 2.05) is 42.5 Å². The Bertz CT molecular complexity index is 3900. The van der Waals surface area contributed by atoms with Crippen molar-refractivity contribution in [3.63, 3.8) is 0 Å². The lowest BCUT2D eigenvalue weighted by atomic mass is 9.81. The molecule has 3 aliphatic heterocycles. The van der Waals surface area contributed by atoms with Gasteiger partial charge >= 0.3 is 26.4 Å². The van der Waals surface area contributed by atoms with Crippen LogP contribution in [0.3, 0.4) is 0 Å². The molecule has 4 bridgehead atoms. The number of nitrogens with zero attached hydrogens (tertiary/aromatic N) is 4.